The molecule has 1 atom stereocenters. The largest absolute Gasteiger partial charge is 0.356 e. The second-order valence-corrected chi connectivity index (χ2v) is 9.56. The first kappa shape index (κ1) is 24.6. The van der Waals surface area contributed by atoms with Crippen LogP contribution in [0.5, 0.6) is 0 Å². The van der Waals surface area contributed by atoms with E-state index in [-0.39, 0.29) is 30.7 Å². The Morgan fingerprint density at radius 2 is 2.00 bits per heavy atom. The van der Waals surface area contributed by atoms with Crippen LogP contribution in [0.3, 0.4) is 0 Å². The van der Waals surface area contributed by atoms with Gasteiger partial charge in [0, 0.05) is 34.6 Å². The van der Waals surface area contributed by atoms with E-state index in [4.69, 9.17) is 23.2 Å². The quantitative estimate of drug-likeness (QED) is 0.544. The van der Waals surface area contributed by atoms with Gasteiger partial charge in [0.15, 0.2) is 0 Å². The molecular weight excluding hydrogens is 469 g/mol. The highest BCUT2D eigenvalue weighted by Gasteiger charge is 2.39. The summed E-state index contributed by atoms with van der Waals surface area (Å²) >= 11 is 13.9. The number of hydrogen-bond donors (Lipinski definition) is 1. The molecule has 1 aliphatic heterocycles. The van der Waals surface area contributed by atoms with E-state index < -0.39 is 6.04 Å². The molecule has 172 valence electrons. The van der Waals surface area contributed by atoms with Crippen LogP contribution in [0, 0.1) is 0 Å². The number of carbonyl (C=O) groups is 3. The van der Waals surface area contributed by atoms with Crippen LogP contribution in [0.15, 0.2) is 35.7 Å². The number of amides is 3. The number of carbonyl (C=O) groups excluding carboxylic acids is 3. The van der Waals surface area contributed by atoms with Crippen LogP contribution in [-0.4, -0.2) is 59.7 Å². The number of piperazine rings is 1. The van der Waals surface area contributed by atoms with Crippen molar-refractivity contribution in [2.45, 2.75) is 38.6 Å². The lowest BCUT2D eigenvalue weighted by molar-refractivity contribution is -0.157. The van der Waals surface area contributed by atoms with Gasteiger partial charge in [-0.2, -0.15) is 0 Å². The molecule has 1 saturated heterocycles. The molecular formula is C23H27Cl2N3O3S. The van der Waals surface area contributed by atoms with Gasteiger partial charge in [0.1, 0.15) is 6.04 Å². The molecule has 0 saturated carbocycles. The molecule has 3 rings (SSSR count). The molecule has 1 aromatic heterocycles. The number of hydrogen-bond acceptors (Lipinski definition) is 4. The SMILES string of the molecule is CCNC(=O)CC1C(=O)N(CCc2ccc(Cl)cc2Cl)CC(=O)N1CCCc1cccs1. The summed E-state index contributed by atoms with van der Waals surface area (Å²) in [6.07, 6.45) is 2.05. The molecule has 32 heavy (non-hydrogen) atoms. The standard InChI is InChI=1S/C23H27Cl2N3O3S/c1-2-26-21(29)14-20-23(31)27(11-9-16-7-8-17(24)13-19(16)25)15-22(30)28(20)10-3-5-18-6-4-12-32-18/h4,6-8,12-13,20H,2-3,5,9-11,14-15H2,1H3,(H,26,29). The first-order chi connectivity index (χ1) is 15.4. The normalized spacial score (nSPS) is 16.5. The van der Waals surface area contributed by atoms with Crippen LogP contribution in [-0.2, 0) is 27.2 Å². The Hall–Kier alpha value is -2.09. The smallest absolute Gasteiger partial charge is 0.246 e. The summed E-state index contributed by atoms with van der Waals surface area (Å²) in [5.74, 6) is -0.561. The van der Waals surface area contributed by atoms with Crippen LogP contribution >= 0.6 is 34.5 Å². The zero-order valence-corrected chi connectivity index (χ0v) is 20.3. The fourth-order valence-electron chi connectivity index (χ4n) is 3.82. The lowest BCUT2D eigenvalue weighted by Gasteiger charge is -2.40. The molecule has 0 bridgehead atoms. The second-order valence-electron chi connectivity index (χ2n) is 7.69. The summed E-state index contributed by atoms with van der Waals surface area (Å²) in [6.45, 7) is 3.11. The van der Waals surface area contributed by atoms with Gasteiger partial charge >= 0.3 is 0 Å². The van der Waals surface area contributed by atoms with E-state index in [0.29, 0.717) is 36.1 Å². The van der Waals surface area contributed by atoms with E-state index in [2.05, 4.69) is 11.4 Å². The highest BCUT2D eigenvalue weighted by atomic mass is 35.5. The minimum absolute atomic E-state index is 0.00887. The van der Waals surface area contributed by atoms with Crippen molar-refractivity contribution in [2.24, 2.45) is 0 Å². The molecule has 9 heteroatoms. The van der Waals surface area contributed by atoms with Crippen LogP contribution in [0.25, 0.3) is 0 Å². The highest BCUT2D eigenvalue weighted by Crippen LogP contribution is 2.23. The molecule has 0 radical (unpaired) electrons. The van der Waals surface area contributed by atoms with Gasteiger partial charge in [0.25, 0.3) is 0 Å². The van der Waals surface area contributed by atoms with Crippen LogP contribution in [0.1, 0.15) is 30.2 Å². The molecule has 1 aromatic carbocycles. The van der Waals surface area contributed by atoms with Crippen molar-refractivity contribution < 1.29 is 14.4 Å². The van der Waals surface area contributed by atoms with Crippen molar-refractivity contribution in [3.8, 4) is 0 Å². The number of aryl methyl sites for hydroxylation is 1. The van der Waals surface area contributed by atoms with Gasteiger partial charge in [0.05, 0.1) is 13.0 Å². The maximum absolute atomic E-state index is 13.3. The third-order valence-electron chi connectivity index (χ3n) is 5.44. The highest BCUT2D eigenvalue weighted by molar-refractivity contribution is 7.09. The summed E-state index contributed by atoms with van der Waals surface area (Å²) in [4.78, 5) is 42.9. The summed E-state index contributed by atoms with van der Waals surface area (Å²) in [6, 6.07) is 8.51. The predicted molar refractivity (Wildman–Crippen MR) is 128 cm³/mol. The average Bonchev–Trinajstić information content (AvgIpc) is 3.26. The minimum atomic E-state index is -0.785. The Morgan fingerprint density at radius 3 is 2.69 bits per heavy atom. The zero-order valence-electron chi connectivity index (χ0n) is 18.0. The van der Waals surface area contributed by atoms with Crippen molar-refractivity contribution in [3.63, 3.8) is 0 Å². The van der Waals surface area contributed by atoms with Gasteiger partial charge in [-0.25, -0.2) is 0 Å². The molecule has 6 nitrogen and oxygen atoms in total. The number of thiophene rings is 1. The molecule has 0 aliphatic carbocycles. The van der Waals surface area contributed by atoms with Gasteiger partial charge in [0.2, 0.25) is 17.7 Å². The average molecular weight is 496 g/mol. The monoisotopic (exact) mass is 495 g/mol. The van der Waals surface area contributed by atoms with Crippen LogP contribution in [0.4, 0.5) is 0 Å². The Balaban J connectivity index is 1.68. The topological polar surface area (TPSA) is 69.7 Å². The summed E-state index contributed by atoms with van der Waals surface area (Å²) in [5.41, 5.74) is 0.856. The van der Waals surface area contributed by atoms with Crippen molar-refractivity contribution in [1.29, 1.82) is 0 Å². The Kier molecular flexibility index (Phi) is 8.96. The van der Waals surface area contributed by atoms with Gasteiger partial charge in [-0.05, 0) is 55.3 Å². The summed E-state index contributed by atoms with van der Waals surface area (Å²) in [5, 5.41) is 5.83. The van der Waals surface area contributed by atoms with Gasteiger partial charge in [-0.3, -0.25) is 14.4 Å². The second kappa shape index (κ2) is 11.7. The van der Waals surface area contributed by atoms with E-state index in [1.165, 1.54) is 9.78 Å². The van der Waals surface area contributed by atoms with Crippen LogP contribution in [0.2, 0.25) is 10.0 Å². The first-order valence-corrected chi connectivity index (χ1v) is 12.3. The Labute approximate surface area is 202 Å². The lowest BCUT2D eigenvalue weighted by atomic mass is 10.0. The predicted octanol–water partition coefficient (Wildman–Crippen LogP) is 3.80. The molecule has 1 fully saturated rings. The number of benzene rings is 1. The van der Waals surface area contributed by atoms with E-state index in [9.17, 15) is 14.4 Å². The van der Waals surface area contributed by atoms with Crippen LogP contribution < -0.4 is 5.32 Å². The van der Waals surface area contributed by atoms with E-state index in [1.807, 2.05) is 24.4 Å². The van der Waals surface area contributed by atoms with Gasteiger partial charge in [-0.15, -0.1) is 11.3 Å². The summed E-state index contributed by atoms with van der Waals surface area (Å²) in [7, 11) is 0. The number of rotatable bonds is 10. The zero-order chi connectivity index (χ0) is 23.1. The molecule has 3 amide bonds. The van der Waals surface area contributed by atoms with E-state index in [0.717, 1.165) is 18.4 Å². The fraction of sp³-hybridized carbons (Fsp3) is 0.435. The number of nitrogens with zero attached hydrogens (tertiary/aromatic N) is 2. The Bertz CT molecular complexity index is 952. The molecule has 1 N–H and O–H groups in total. The van der Waals surface area contributed by atoms with Crippen molar-refractivity contribution >= 4 is 52.3 Å². The first-order valence-electron chi connectivity index (χ1n) is 10.7. The number of halogens is 2. The molecule has 1 aliphatic rings. The third kappa shape index (κ3) is 6.47. The van der Waals surface area contributed by atoms with Crippen molar-refractivity contribution in [1.82, 2.24) is 15.1 Å². The van der Waals surface area contributed by atoms with Gasteiger partial charge < -0.3 is 15.1 Å². The lowest BCUT2D eigenvalue weighted by Crippen LogP contribution is -2.61. The van der Waals surface area contributed by atoms with E-state index in [1.54, 1.807) is 28.4 Å². The van der Waals surface area contributed by atoms with Crippen molar-refractivity contribution in [3.05, 3.63) is 56.2 Å². The third-order valence-corrected chi connectivity index (χ3v) is 6.96. The van der Waals surface area contributed by atoms with Crippen molar-refractivity contribution in [2.75, 3.05) is 26.2 Å². The Morgan fingerprint density at radius 1 is 1.19 bits per heavy atom. The number of nitrogens with one attached hydrogen (secondary N) is 1. The van der Waals surface area contributed by atoms with Gasteiger partial charge in [-0.1, -0.05) is 35.3 Å². The van der Waals surface area contributed by atoms with E-state index >= 15 is 0 Å². The maximum Gasteiger partial charge on any atom is 0.246 e. The molecule has 2 heterocycles. The molecule has 0 spiro atoms. The maximum atomic E-state index is 13.3. The fourth-order valence-corrected chi connectivity index (χ4v) is 5.07. The summed E-state index contributed by atoms with van der Waals surface area (Å²) < 4.78 is 0. The minimum Gasteiger partial charge on any atom is -0.356 e. The molecule has 1 unspecified atom stereocenters. The molecule has 2 aromatic rings.